The van der Waals surface area contributed by atoms with Gasteiger partial charge in [-0.15, -0.1) is 17.9 Å². The number of rotatable bonds is 5. The first kappa shape index (κ1) is 21.1. The van der Waals surface area contributed by atoms with E-state index in [1.807, 2.05) is 0 Å². The van der Waals surface area contributed by atoms with Gasteiger partial charge in [0.1, 0.15) is 11.5 Å². The lowest BCUT2D eigenvalue weighted by atomic mass is 10.1. The van der Waals surface area contributed by atoms with Gasteiger partial charge in [-0.2, -0.15) is 18.2 Å². The number of thioether (sulfide) groups is 1. The molecule has 1 aliphatic rings. The Labute approximate surface area is 183 Å². The van der Waals surface area contributed by atoms with Crippen LogP contribution >= 0.6 is 23.1 Å². The second kappa shape index (κ2) is 8.56. The number of amides is 1. The number of hydrogen-bond donors (Lipinski definition) is 0. The molecule has 0 N–H and O–H groups in total. The molecule has 3 aromatic rings. The van der Waals surface area contributed by atoms with Crippen LogP contribution in [0.15, 0.2) is 74.9 Å². The van der Waals surface area contributed by atoms with Crippen molar-refractivity contribution >= 4 is 45.4 Å². The zero-order valence-electron chi connectivity index (χ0n) is 15.8. The van der Waals surface area contributed by atoms with Crippen molar-refractivity contribution in [3.63, 3.8) is 0 Å². The average molecular weight is 461 g/mol. The molecule has 0 atom stereocenters. The summed E-state index contributed by atoms with van der Waals surface area (Å²) in [6, 6.07) is 8.05. The molecule has 1 saturated heterocycles. The summed E-state index contributed by atoms with van der Waals surface area (Å²) in [4.78, 5) is 23.2. The maximum atomic E-state index is 13.0. The summed E-state index contributed by atoms with van der Waals surface area (Å²) in [5, 5.41) is 2.78. The molecule has 0 bridgehead atoms. The lowest BCUT2D eigenvalue weighted by molar-refractivity contribution is -0.137. The molecule has 4 rings (SSSR count). The van der Waals surface area contributed by atoms with E-state index in [1.54, 1.807) is 35.9 Å². The summed E-state index contributed by atoms with van der Waals surface area (Å²) < 4.78 is 44.6. The Bertz CT molecular complexity index is 1180. The van der Waals surface area contributed by atoms with Crippen LogP contribution in [-0.2, 0) is 11.0 Å². The van der Waals surface area contributed by atoms with E-state index in [0.717, 1.165) is 12.1 Å². The molecule has 3 heterocycles. The van der Waals surface area contributed by atoms with Crippen molar-refractivity contribution < 1.29 is 22.4 Å². The van der Waals surface area contributed by atoms with Crippen LogP contribution in [0.2, 0.25) is 0 Å². The predicted molar refractivity (Wildman–Crippen MR) is 116 cm³/mol. The van der Waals surface area contributed by atoms with E-state index < -0.39 is 11.7 Å². The summed E-state index contributed by atoms with van der Waals surface area (Å²) in [7, 11) is 0. The first-order valence-electron chi connectivity index (χ1n) is 8.93. The van der Waals surface area contributed by atoms with E-state index in [-0.39, 0.29) is 18.2 Å². The Morgan fingerprint density at radius 1 is 1.26 bits per heavy atom. The Hall–Kier alpha value is -3.11. The largest absolute Gasteiger partial charge is 0.457 e. The maximum Gasteiger partial charge on any atom is 0.416 e. The van der Waals surface area contributed by atoms with Gasteiger partial charge in [0.05, 0.1) is 10.5 Å². The van der Waals surface area contributed by atoms with Crippen LogP contribution in [0.4, 0.5) is 18.3 Å². The number of carbonyl (C=O) groups is 1. The zero-order valence-corrected chi connectivity index (χ0v) is 17.4. The van der Waals surface area contributed by atoms with Crippen molar-refractivity contribution in [1.82, 2.24) is 9.88 Å². The minimum atomic E-state index is -4.44. The fourth-order valence-corrected chi connectivity index (χ4v) is 4.33. The van der Waals surface area contributed by atoms with E-state index in [1.165, 1.54) is 40.1 Å². The standard InChI is InChI=1S/C21H14F3N3O2S2/c1-2-9-27-18(28)17(31-20(27)26-19-25-8-10-30-19)12-15-6-7-16(29-15)13-4-3-5-14(11-13)21(22,23)24/h2-8,10-12H,1,9H2/b17-12-,26-20+. The van der Waals surface area contributed by atoms with Gasteiger partial charge < -0.3 is 4.42 Å². The predicted octanol–water partition coefficient (Wildman–Crippen LogP) is 6.21. The van der Waals surface area contributed by atoms with Gasteiger partial charge >= 0.3 is 6.18 Å². The molecule has 1 aromatic carbocycles. The highest BCUT2D eigenvalue weighted by Gasteiger charge is 2.33. The normalized spacial score (nSPS) is 17.1. The van der Waals surface area contributed by atoms with Crippen LogP contribution < -0.4 is 0 Å². The number of amidine groups is 1. The Morgan fingerprint density at radius 3 is 2.81 bits per heavy atom. The SMILES string of the molecule is C=CCN1C(=O)/C(=C/c2ccc(-c3cccc(C(F)(F)F)c3)o2)S/C1=N/c1nccs1. The number of nitrogens with zero attached hydrogens (tertiary/aromatic N) is 3. The molecule has 0 spiro atoms. The number of aliphatic imine (C=N–C) groups is 1. The van der Waals surface area contributed by atoms with Crippen molar-refractivity contribution in [2.24, 2.45) is 4.99 Å². The molecule has 0 saturated carbocycles. The fraction of sp³-hybridized carbons (Fsp3) is 0.0952. The van der Waals surface area contributed by atoms with Gasteiger partial charge in [-0.3, -0.25) is 9.69 Å². The smallest absolute Gasteiger partial charge is 0.416 e. The van der Waals surface area contributed by atoms with Crippen LogP contribution in [0.1, 0.15) is 11.3 Å². The Kier molecular flexibility index (Phi) is 5.84. The van der Waals surface area contributed by atoms with E-state index in [4.69, 9.17) is 4.42 Å². The number of benzene rings is 1. The Morgan fingerprint density at radius 2 is 2.10 bits per heavy atom. The fourth-order valence-electron chi connectivity index (χ4n) is 2.80. The van der Waals surface area contributed by atoms with Gasteiger partial charge in [0.25, 0.3) is 5.91 Å². The van der Waals surface area contributed by atoms with E-state index in [2.05, 4.69) is 16.6 Å². The van der Waals surface area contributed by atoms with Crippen LogP contribution in [0, 0.1) is 0 Å². The van der Waals surface area contributed by atoms with Crippen molar-refractivity contribution in [2.45, 2.75) is 6.18 Å². The van der Waals surface area contributed by atoms with Gasteiger partial charge in [-0.05, 0) is 36.0 Å². The Balaban J connectivity index is 1.62. The highest BCUT2D eigenvalue weighted by molar-refractivity contribution is 8.18. The third-order valence-electron chi connectivity index (χ3n) is 4.18. The minimum absolute atomic E-state index is 0.266. The van der Waals surface area contributed by atoms with Crippen LogP contribution in [-0.4, -0.2) is 27.5 Å². The van der Waals surface area contributed by atoms with Gasteiger partial charge in [0, 0.05) is 29.8 Å². The quantitative estimate of drug-likeness (QED) is 0.335. The molecule has 1 aliphatic heterocycles. The molecular formula is C21H14F3N3O2S2. The molecule has 31 heavy (non-hydrogen) atoms. The van der Waals surface area contributed by atoms with Crippen LogP contribution in [0.3, 0.4) is 0 Å². The maximum absolute atomic E-state index is 13.0. The number of hydrogen-bond acceptors (Lipinski definition) is 6. The molecule has 0 aliphatic carbocycles. The average Bonchev–Trinajstić information content (AvgIpc) is 3.47. The summed E-state index contributed by atoms with van der Waals surface area (Å²) in [5.74, 6) is 0.350. The number of thiazole rings is 1. The van der Waals surface area contributed by atoms with Crippen LogP contribution in [0.25, 0.3) is 17.4 Å². The van der Waals surface area contributed by atoms with Gasteiger partial charge in [0.2, 0.25) is 5.13 Å². The van der Waals surface area contributed by atoms with Gasteiger partial charge in [-0.25, -0.2) is 4.98 Å². The topological polar surface area (TPSA) is 58.7 Å². The number of halogens is 3. The van der Waals surface area contributed by atoms with E-state index in [9.17, 15) is 18.0 Å². The molecule has 5 nitrogen and oxygen atoms in total. The van der Waals surface area contributed by atoms with Gasteiger partial charge in [0.15, 0.2) is 5.17 Å². The van der Waals surface area contributed by atoms with E-state index in [0.29, 0.717) is 26.5 Å². The molecular weight excluding hydrogens is 447 g/mol. The molecule has 1 fully saturated rings. The lowest BCUT2D eigenvalue weighted by Crippen LogP contribution is -2.29. The first-order chi connectivity index (χ1) is 14.8. The molecule has 0 unspecified atom stereocenters. The number of furan rings is 1. The monoisotopic (exact) mass is 461 g/mol. The first-order valence-corrected chi connectivity index (χ1v) is 10.6. The summed E-state index contributed by atoms with van der Waals surface area (Å²) >= 11 is 2.51. The molecule has 158 valence electrons. The van der Waals surface area contributed by atoms with Crippen molar-refractivity contribution in [3.8, 4) is 11.3 Å². The summed E-state index contributed by atoms with van der Waals surface area (Å²) in [6.07, 6.45) is 0.322. The van der Waals surface area contributed by atoms with E-state index >= 15 is 0 Å². The van der Waals surface area contributed by atoms with Gasteiger partial charge in [-0.1, -0.05) is 18.2 Å². The number of aromatic nitrogens is 1. The second-order valence-corrected chi connectivity index (χ2v) is 8.19. The second-order valence-electron chi connectivity index (χ2n) is 6.30. The summed E-state index contributed by atoms with van der Waals surface area (Å²) in [5.41, 5.74) is -0.463. The van der Waals surface area contributed by atoms with Crippen LogP contribution in [0.5, 0.6) is 0 Å². The summed E-state index contributed by atoms with van der Waals surface area (Å²) in [6.45, 7) is 3.95. The zero-order chi connectivity index (χ0) is 22.0. The van der Waals surface area contributed by atoms with Crippen molar-refractivity contribution in [1.29, 1.82) is 0 Å². The van der Waals surface area contributed by atoms with Crippen molar-refractivity contribution in [2.75, 3.05) is 6.54 Å². The molecule has 10 heteroatoms. The number of alkyl halides is 3. The third kappa shape index (κ3) is 4.64. The third-order valence-corrected chi connectivity index (χ3v) is 5.86. The highest BCUT2D eigenvalue weighted by Crippen LogP contribution is 2.36. The number of carbonyl (C=O) groups excluding carboxylic acids is 1. The minimum Gasteiger partial charge on any atom is -0.457 e. The lowest BCUT2D eigenvalue weighted by Gasteiger charge is -2.11. The molecule has 1 amide bonds. The van der Waals surface area contributed by atoms with Crippen molar-refractivity contribution in [3.05, 3.63) is 76.9 Å². The molecule has 2 aromatic heterocycles. The highest BCUT2D eigenvalue weighted by atomic mass is 32.2. The molecule has 0 radical (unpaired) electrons.